The zero-order chi connectivity index (χ0) is 20.1. The first-order valence-electron chi connectivity index (χ1n) is 8.83. The lowest BCUT2D eigenvalue weighted by atomic mass is 10.1. The lowest BCUT2D eigenvalue weighted by Crippen LogP contribution is -2.31. The molecule has 0 N–H and O–H groups in total. The Morgan fingerprint density at radius 2 is 1.96 bits per heavy atom. The molecule has 0 aromatic heterocycles. The molecule has 0 spiro atoms. The fourth-order valence-electron chi connectivity index (χ4n) is 2.83. The highest BCUT2D eigenvalue weighted by Gasteiger charge is 2.32. The SMILES string of the molecule is COc1cc(/C=C/C(=O)N(Cc2ccccc2F)C2CC2)ccc1OC(F)F. The van der Waals surface area contributed by atoms with Crippen LogP contribution in [0.4, 0.5) is 13.2 Å². The van der Waals surface area contributed by atoms with E-state index in [-0.39, 0.29) is 35.8 Å². The maximum absolute atomic E-state index is 13.9. The summed E-state index contributed by atoms with van der Waals surface area (Å²) in [6, 6.07) is 10.9. The van der Waals surface area contributed by atoms with Crippen molar-refractivity contribution in [1.29, 1.82) is 0 Å². The second-order valence-corrected chi connectivity index (χ2v) is 6.41. The number of hydrogen-bond donors (Lipinski definition) is 0. The summed E-state index contributed by atoms with van der Waals surface area (Å²) in [5.41, 5.74) is 1.06. The van der Waals surface area contributed by atoms with Crippen LogP contribution in [0, 0.1) is 5.82 Å². The quantitative estimate of drug-likeness (QED) is 0.616. The Morgan fingerprint density at radius 3 is 2.61 bits per heavy atom. The minimum absolute atomic E-state index is 0.0832. The van der Waals surface area contributed by atoms with Gasteiger partial charge in [0.25, 0.3) is 0 Å². The number of ether oxygens (including phenoxy) is 2. The number of nitrogens with zero attached hydrogens (tertiary/aromatic N) is 1. The molecule has 1 aliphatic rings. The molecule has 2 aromatic carbocycles. The Balaban J connectivity index is 1.73. The summed E-state index contributed by atoms with van der Waals surface area (Å²) in [6.45, 7) is -2.76. The minimum atomic E-state index is -2.96. The van der Waals surface area contributed by atoms with Crippen molar-refractivity contribution in [2.24, 2.45) is 0 Å². The van der Waals surface area contributed by atoms with E-state index in [0.29, 0.717) is 11.1 Å². The molecule has 1 aliphatic carbocycles. The molecular formula is C21H20F3NO3. The van der Waals surface area contributed by atoms with Crippen molar-refractivity contribution < 1.29 is 27.4 Å². The van der Waals surface area contributed by atoms with Gasteiger partial charge < -0.3 is 14.4 Å². The molecule has 7 heteroatoms. The fraction of sp³-hybridized carbons (Fsp3) is 0.286. The number of hydrogen-bond acceptors (Lipinski definition) is 3. The van der Waals surface area contributed by atoms with Gasteiger partial charge in [0.15, 0.2) is 11.5 Å². The van der Waals surface area contributed by atoms with Crippen LogP contribution in [0.5, 0.6) is 11.5 Å². The normalized spacial score (nSPS) is 13.8. The van der Waals surface area contributed by atoms with Crippen molar-refractivity contribution in [3.63, 3.8) is 0 Å². The van der Waals surface area contributed by atoms with Crippen molar-refractivity contribution in [2.75, 3.05) is 7.11 Å². The number of halogens is 3. The van der Waals surface area contributed by atoms with E-state index in [1.165, 1.54) is 31.4 Å². The van der Waals surface area contributed by atoms with Crippen molar-refractivity contribution in [3.8, 4) is 11.5 Å². The molecule has 148 valence electrons. The summed E-state index contributed by atoms with van der Waals surface area (Å²) >= 11 is 0. The van der Waals surface area contributed by atoms with Gasteiger partial charge in [0.1, 0.15) is 5.82 Å². The Morgan fingerprint density at radius 1 is 1.21 bits per heavy atom. The monoisotopic (exact) mass is 391 g/mol. The van der Waals surface area contributed by atoms with E-state index in [2.05, 4.69) is 4.74 Å². The Hall–Kier alpha value is -2.96. The first-order chi connectivity index (χ1) is 13.5. The zero-order valence-corrected chi connectivity index (χ0v) is 15.3. The number of alkyl halides is 2. The molecule has 0 unspecified atom stereocenters. The average Bonchev–Trinajstić information content (AvgIpc) is 3.51. The zero-order valence-electron chi connectivity index (χ0n) is 15.3. The first-order valence-corrected chi connectivity index (χ1v) is 8.83. The second kappa shape index (κ2) is 8.82. The molecule has 3 rings (SSSR count). The standard InChI is InChI=1S/C21H20F3NO3/c1-27-19-12-14(6-10-18(19)28-21(23)24)7-11-20(26)25(16-8-9-16)13-15-4-2-3-5-17(15)22/h2-7,10-12,16,21H,8-9,13H2,1H3/b11-7+. The summed E-state index contributed by atoms with van der Waals surface area (Å²) in [6.07, 6.45) is 4.73. The number of methoxy groups -OCH3 is 1. The average molecular weight is 391 g/mol. The number of rotatable bonds is 8. The first kappa shape index (κ1) is 19.8. The van der Waals surface area contributed by atoms with Crippen LogP contribution in [0.3, 0.4) is 0 Å². The molecule has 0 atom stereocenters. The van der Waals surface area contributed by atoms with Gasteiger partial charge in [0, 0.05) is 24.2 Å². The van der Waals surface area contributed by atoms with Gasteiger partial charge in [-0.05, 0) is 42.7 Å². The van der Waals surface area contributed by atoms with Crippen LogP contribution >= 0.6 is 0 Å². The maximum Gasteiger partial charge on any atom is 0.387 e. The van der Waals surface area contributed by atoms with Gasteiger partial charge in [0.2, 0.25) is 5.91 Å². The molecule has 0 saturated heterocycles. The van der Waals surface area contributed by atoms with Crippen molar-refractivity contribution >= 4 is 12.0 Å². The van der Waals surface area contributed by atoms with E-state index in [0.717, 1.165) is 12.8 Å². The highest BCUT2D eigenvalue weighted by Crippen LogP contribution is 2.31. The lowest BCUT2D eigenvalue weighted by Gasteiger charge is -2.21. The second-order valence-electron chi connectivity index (χ2n) is 6.41. The molecule has 1 amide bonds. The third-order valence-corrected chi connectivity index (χ3v) is 4.39. The number of amides is 1. The Labute approximate surface area is 161 Å². The van der Waals surface area contributed by atoms with Gasteiger partial charge >= 0.3 is 6.61 Å². The van der Waals surface area contributed by atoms with Crippen molar-refractivity contribution in [3.05, 3.63) is 65.5 Å². The molecular weight excluding hydrogens is 371 g/mol. The lowest BCUT2D eigenvalue weighted by molar-refractivity contribution is -0.127. The predicted octanol–water partition coefficient (Wildman–Crippen LogP) is 4.64. The summed E-state index contributed by atoms with van der Waals surface area (Å²) in [7, 11) is 1.34. The van der Waals surface area contributed by atoms with E-state index in [1.807, 2.05) is 0 Å². The molecule has 2 aromatic rings. The largest absolute Gasteiger partial charge is 0.493 e. The molecule has 4 nitrogen and oxygen atoms in total. The molecule has 1 saturated carbocycles. The van der Waals surface area contributed by atoms with Gasteiger partial charge in [-0.1, -0.05) is 24.3 Å². The number of carbonyl (C=O) groups is 1. The summed E-state index contributed by atoms with van der Waals surface area (Å²) in [5.74, 6) is -0.526. The fourth-order valence-corrected chi connectivity index (χ4v) is 2.83. The third-order valence-electron chi connectivity index (χ3n) is 4.39. The van der Waals surface area contributed by atoms with Gasteiger partial charge in [-0.15, -0.1) is 0 Å². The van der Waals surface area contributed by atoms with Crippen LogP contribution in [0.2, 0.25) is 0 Å². The molecule has 0 heterocycles. The van der Waals surface area contributed by atoms with E-state index < -0.39 is 6.61 Å². The molecule has 0 bridgehead atoms. The highest BCUT2D eigenvalue weighted by molar-refractivity contribution is 5.92. The topological polar surface area (TPSA) is 38.8 Å². The van der Waals surface area contributed by atoms with Gasteiger partial charge in [0.05, 0.1) is 7.11 Å². The van der Waals surface area contributed by atoms with Gasteiger partial charge in [-0.2, -0.15) is 8.78 Å². The van der Waals surface area contributed by atoms with Crippen LogP contribution in [-0.4, -0.2) is 30.6 Å². The molecule has 28 heavy (non-hydrogen) atoms. The van der Waals surface area contributed by atoms with E-state index >= 15 is 0 Å². The summed E-state index contributed by atoms with van der Waals surface area (Å²) < 4.78 is 48.2. The highest BCUT2D eigenvalue weighted by atomic mass is 19.3. The summed E-state index contributed by atoms with van der Waals surface area (Å²) in [4.78, 5) is 14.3. The van der Waals surface area contributed by atoms with Crippen molar-refractivity contribution in [2.45, 2.75) is 32.0 Å². The number of benzene rings is 2. The van der Waals surface area contributed by atoms with E-state index in [1.54, 1.807) is 35.2 Å². The third kappa shape index (κ3) is 5.06. The van der Waals surface area contributed by atoms with Crippen LogP contribution in [0.25, 0.3) is 6.08 Å². The van der Waals surface area contributed by atoms with E-state index in [4.69, 9.17) is 4.74 Å². The molecule has 0 radical (unpaired) electrons. The predicted molar refractivity (Wildman–Crippen MR) is 98.6 cm³/mol. The van der Waals surface area contributed by atoms with Crippen LogP contribution in [0.1, 0.15) is 24.0 Å². The Kier molecular flexibility index (Phi) is 6.23. The minimum Gasteiger partial charge on any atom is -0.493 e. The maximum atomic E-state index is 13.9. The van der Waals surface area contributed by atoms with Gasteiger partial charge in [-0.25, -0.2) is 4.39 Å². The molecule has 1 fully saturated rings. The smallest absolute Gasteiger partial charge is 0.387 e. The van der Waals surface area contributed by atoms with E-state index in [9.17, 15) is 18.0 Å². The van der Waals surface area contributed by atoms with Crippen LogP contribution < -0.4 is 9.47 Å². The molecule has 0 aliphatic heterocycles. The Bertz CT molecular complexity index is 866. The van der Waals surface area contributed by atoms with Crippen LogP contribution in [0.15, 0.2) is 48.5 Å². The van der Waals surface area contributed by atoms with Gasteiger partial charge in [-0.3, -0.25) is 4.79 Å². The number of carbonyl (C=O) groups excluding carboxylic acids is 1. The van der Waals surface area contributed by atoms with Crippen molar-refractivity contribution in [1.82, 2.24) is 4.90 Å². The van der Waals surface area contributed by atoms with Crippen LogP contribution in [-0.2, 0) is 11.3 Å². The summed E-state index contributed by atoms with van der Waals surface area (Å²) in [5, 5.41) is 0.